The van der Waals surface area contributed by atoms with E-state index >= 15 is 0 Å². The Kier molecular flexibility index (Phi) is 2.92. The molecule has 0 amide bonds. The fraction of sp³-hybridized carbons (Fsp3) is 0. The van der Waals surface area contributed by atoms with Crippen LogP contribution in [0.2, 0.25) is 0 Å². The van der Waals surface area contributed by atoms with E-state index in [2.05, 4.69) is 6.07 Å². The van der Waals surface area contributed by atoms with Gasteiger partial charge in [-0.25, -0.2) is 0 Å². The zero-order valence-corrected chi connectivity index (χ0v) is 10.7. The molecule has 0 bridgehead atoms. The van der Waals surface area contributed by atoms with Crippen molar-refractivity contribution in [2.24, 2.45) is 0 Å². The van der Waals surface area contributed by atoms with Gasteiger partial charge in [-0.3, -0.25) is 0 Å². The van der Waals surface area contributed by atoms with E-state index in [1.807, 2.05) is 66.7 Å². The van der Waals surface area contributed by atoms with Crippen molar-refractivity contribution < 1.29 is 4.57 Å². The molecule has 3 rings (SSSR count). The predicted molar refractivity (Wildman–Crippen MR) is 77.3 cm³/mol. The van der Waals surface area contributed by atoms with Crippen LogP contribution in [-0.4, -0.2) is 0 Å². The summed E-state index contributed by atoms with van der Waals surface area (Å²) in [5.74, 6) is 0. The van der Waals surface area contributed by atoms with E-state index in [1.54, 1.807) is 0 Å². The first-order valence-corrected chi connectivity index (χ1v) is 7.12. The Morgan fingerprint density at radius 1 is 0.611 bits per heavy atom. The summed E-state index contributed by atoms with van der Waals surface area (Å²) in [7, 11) is -1.49. The largest absolute Gasteiger partial charge is 0.415 e. The molecule has 3 aromatic carbocycles. The number of fused-ring (bicyclic) bond motifs is 1. The summed E-state index contributed by atoms with van der Waals surface area (Å²) in [5, 5.41) is 4.07. The molecule has 0 heterocycles. The Morgan fingerprint density at radius 2 is 1.28 bits per heavy atom. The molecule has 0 aliphatic carbocycles. The van der Waals surface area contributed by atoms with Crippen LogP contribution in [0.1, 0.15) is 0 Å². The second-order valence-corrected chi connectivity index (χ2v) is 5.78. The quantitative estimate of drug-likeness (QED) is 0.636. The van der Waals surface area contributed by atoms with Gasteiger partial charge in [0.2, 0.25) is 0 Å². The summed E-state index contributed by atoms with van der Waals surface area (Å²) < 4.78 is 12.4. The first-order chi connectivity index (χ1) is 8.84. The maximum absolute atomic E-state index is 12.4. The van der Waals surface area contributed by atoms with Crippen LogP contribution in [0.5, 0.6) is 0 Å². The maximum atomic E-state index is 12.4. The molecule has 0 saturated heterocycles. The summed E-state index contributed by atoms with van der Waals surface area (Å²) in [6.07, 6.45) is 0. The number of hydrogen-bond donors (Lipinski definition) is 0. The van der Waals surface area contributed by atoms with Gasteiger partial charge in [0, 0.05) is 0 Å². The van der Waals surface area contributed by atoms with Crippen molar-refractivity contribution in [3.63, 3.8) is 0 Å². The third-order valence-corrected chi connectivity index (χ3v) is 4.47. The topological polar surface area (TPSA) is 17.1 Å². The van der Waals surface area contributed by atoms with E-state index in [0.717, 1.165) is 16.0 Å². The lowest BCUT2D eigenvalue weighted by atomic mass is 10.1. The van der Waals surface area contributed by atoms with Crippen molar-refractivity contribution in [1.29, 1.82) is 0 Å². The molecule has 1 nitrogen and oxygen atoms in total. The normalized spacial score (nSPS) is 11.4. The first kappa shape index (κ1) is 11.1. The molecule has 1 unspecified atom stereocenters. The van der Waals surface area contributed by atoms with E-state index in [1.165, 1.54) is 5.39 Å². The zero-order valence-electron chi connectivity index (χ0n) is 9.78. The summed E-state index contributed by atoms with van der Waals surface area (Å²) in [4.78, 5) is 0. The minimum Gasteiger partial charge on any atom is -0.0619 e. The van der Waals surface area contributed by atoms with E-state index in [9.17, 15) is 4.57 Å². The molecule has 0 aliphatic heterocycles. The molecule has 0 saturated carbocycles. The van der Waals surface area contributed by atoms with Crippen LogP contribution in [0.4, 0.5) is 0 Å². The molecule has 0 N–H and O–H groups in total. The number of rotatable bonds is 2. The third kappa shape index (κ3) is 2.05. The molecule has 1 atom stereocenters. The average molecular weight is 251 g/mol. The summed E-state index contributed by atoms with van der Waals surface area (Å²) >= 11 is 0. The molecule has 0 spiro atoms. The number of benzene rings is 3. The van der Waals surface area contributed by atoms with Crippen LogP contribution in [0.25, 0.3) is 10.8 Å². The Bertz CT molecular complexity index is 704. The van der Waals surface area contributed by atoms with Gasteiger partial charge in [-0.05, 0) is 41.1 Å². The highest BCUT2D eigenvalue weighted by Gasteiger charge is 2.22. The predicted octanol–water partition coefficient (Wildman–Crippen LogP) is 3.62. The van der Waals surface area contributed by atoms with E-state index in [-0.39, 0.29) is 0 Å². The van der Waals surface area contributed by atoms with Crippen molar-refractivity contribution in [2.45, 2.75) is 0 Å². The molecule has 0 aliphatic rings. The van der Waals surface area contributed by atoms with Gasteiger partial charge in [0.25, 0.3) is 0 Å². The summed E-state index contributed by atoms with van der Waals surface area (Å²) in [6, 6.07) is 23.7. The highest BCUT2D eigenvalue weighted by atomic mass is 31.1. The Balaban J connectivity index is 2.07. The monoisotopic (exact) mass is 251 g/mol. The Morgan fingerprint density at radius 3 is 2.06 bits per heavy atom. The lowest BCUT2D eigenvalue weighted by Crippen LogP contribution is -2.05. The molecule has 86 valence electrons. The fourth-order valence-corrected chi connectivity index (χ4v) is 3.22. The van der Waals surface area contributed by atoms with Crippen molar-refractivity contribution >= 4 is 29.2 Å². The third-order valence-electron chi connectivity index (χ3n) is 2.96. The minimum absolute atomic E-state index is 0.878. The van der Waals surface area contributed by atoms with Gasteiger partial charge in [0.05, 0.1) is 0 Å². The summed E-state index contributed by atoms with van der Waals surface area (Å²) in [5.41, 5.74) is 0. The van der Waals surface area contributed by atoms with Crippen LogP contribution in [-0.2, 0) is 4.57 Å². The molecular weight excluding hydrogens is 239 g/mol. The highest BCUT2D eigenvalue weighted by molar-refractivity contribution is 7.61. The van der Waals surface area contributed by atoms with Gasteiger partial charge in [0.15, 0.2) is 10.6 Å². The van der Waals surface area contributed by atoms with E-state index in [0.29, 0.717) is 0 Å². The molecule has 3 aromatic rings. The molecule has 2 heteroatoms. The van der Waals surface area contributed by atoms with Crippen molar-refractivity contribution in [1.82, 2.24) is 0 Å². The SMILES string of the molecule is O=[P+](c1ccccc1)c1ccc2ccccc2c1. The van der Waals surface area contributed by atoms with E-state index < -0.39 is 7.80 Å². The second-order valence-electron chi connectivity index (χ2n) is 4.16. The van der Waals surface area contributed by atoms with Crippen molar-refractivity contribution in [2.75, 3.05) is 0 Å². The van der Waals surface area contributed by atoms with Gasteiger partial charge in [0.1, 0.15) is 0 Å². The first-order valence-electron chi connectivity index (χ1n) is 5.86. The van der Waals surface area contributed by atoms with Crippen LogP contribution in [0.15, 0.2) is 72.8 Å². The number of hydrogen-bond acceptors (Lipinski definition) is 1. The molecule has 0 radical (unpaired) electrons. The van der Waals surface area contributed by atoms with Gasteiger partial charge in [-0.15, -0.1) is 0 Å². The van der Waals surface area contributed by atoms with E-state index in [4.69, 9.17) is 0 Å². The van der Waals surface area contributed by atoms with Gasteiger partial charge in [-0.2, -0.15) is 0 Å². The molecule has 18 heavy (non-hydrogen) atoms. The fourth-order valence-electron chi connectivity index (χ4n) is 2.02. The van der Waals surface area contributed by atoms with Crippen LogP contribution in [0, 0.1) is 0 Å². The second kappa shape index (κ2) is 4.72. The van der Waals surface area contributed by atoms with Crippen molar-refractivity contribution in [3.05, 3.63) is 72.8 Å². The lowest BCUT2D eigenvalue weighted by Gasteiger charge is -1.96. The molecule has 0 aromatic heterocycles. The standard InChI is InChI=1S/C16H12OP/c17-18(15-8-2-1-3-9-15)16-11-10-13-6-4-5-7-14(13)12-16/h1-12H/q+1. The summed E-state index contributed by atoms with van der Waals surface area (Å²) in [6.45, 7) is 0. The zero-order chi connectivity index (χ0) is 12.4. The Hall–Kier alpha value is -1.98. The van der Waals surface area contributed by atoms with Crippen molar-refractivity contribution in [3.8, 4) is 0 Å². The lowest BCUT2D eigenvalue weighted by molar-refractivity contribution is 0.598. The minimum atomic E-state index is -1.49. The maximum Gasteiger partial charge on any atom is 0.415 e. The molecule has 0 fully saturated rings. The van der Waals surface area contributed by atoms with Crippen LogP contribution in [0.3, 0.4) is 0 Å². The van der Waals surface area contributed by atoms with Gasteiger partial charge in [-0.1, -0.05) is 47.0 Å². The molecular formula is C16H12OP+. The van der Waals surface area contributed by atoms with Gasteiger partial charge >= 0.3 is 7.80 Å². The van der Waals surface area contributed by atoms with Crippen LogP contribution < -0.4 is 10.6 Å². The smallest absolute Gasteiger partial charge is 0.0619 e. The Labute approximate surface area is 107 Å². The van der Waals surface area contributed by atoms with Gasteiger partial charge < -0.3 is 0 Å². The van der Waals surface area contributed by atoms with Crippen LogP contribution >= 0.6 is 7.80 Å². The average Bonchev–Trinajstić information content (AvgIpc) is 2.47. The highest BCUT2D eigenvalue weighted by Crippen LogP contribution is 2.22.